The van der Waals surface area contributed by atoms with Gasteiger partial charge < -0.3 is 11.1 Å². The number of carbonyl (C=O) groups is 1. The average molecular weight is 251 g/mol. The number of non-ortho nitro benzene ring substituents is 1. The van der Waals surface area contributed by atoms with Gasteiger partial charge in [-0.05, 0) is 12.5 Å². The maximum absolute atomic E-state index is 11.7. The molecule has 1 aromatic carbocycles. The number of hydrogen-bond acceptors (Lipinski definition) is 4. The van der Waals surface area contributed by atoms with Gasteiger partial charge in [-0.15, -0.1) is 0 Å². The molecule has 6 nitrogen and oxygen atoms in total. The third-order valence-electron chi connectivity index (χ3n) is 2.53. The summed E-state index contributed by atoms with van der Waals surface area (Å²) in [7, 11) is 0. The fraction of sp³-hybridized carbons (Fsp3) is 0.417. The van der Waals surface area contributed by atoms with Crippen molar-refractivity contribution >= 4 is 17.3 Å². The van der Waals surface area contributed by atoms with Crippen LogP contribution in [0.25, 0.3) is 0 Å². The van der Waals surface area contributed by atoms with E-state index >= 15 is 0 Å². The maximum atomic E-state index is 11.7. The van der Waals surface area contributed by atoms with Gasteiger partial charge in [0.2, 0.25) is 5.91 Å². The summed E-state index contributed by atoms with van der Waals surface area (Å²) in [4.78, 5) is 21.8. The normalized spacial score (nSPS) is 11.9. The standard InChI is InChI=1S/C12H17N3O3/c1-2-3-7-11(13)12(16)14-9-5-4-6-10(8-9)15(17)18/h4-6,8,11H,2-3,7,13H2,1H3,(H,14,16)/t11-/m0/s1. The van der Waals surface area contributed by atoms with Crippen molar-refractivity contribution < 1.29 is 9.72 Å². The summed E-state index contributed by atoms with van der Waals surface area (Å²) in [6, 6.07) is 5.21. The van der Waals surface area contributed by atoms with Crippen LogP contribution in [0.3, 0.4) is 0 Å². The molecule has 0 aliphatic heterocycles. The summed E-state index contributed by atoms with van der Waals surface area (Å²) in [5.41, 5.74) is 6.03. The average Bonchev–Trinajstić information content (AvgIpc) is 2.36. The van der Waals surface area contributed by atoms with Crippen LogP contribution in [0.5, 0.6) is 0 Å². The van der Waals surface area contributed by atoms with Crippen LogP contribution in [0, 0.1) is 10.1 Å². The molecule has 3 N–H and O–H groups in total. The van der Waals surface area contributed by atoms with Gasteiger partial charge in [0.05, 0.1) is 11.0 Å². The lowest BCUT2D eigenvalue weighted by molar-refractivity contribution is -0.384. The molecule has 0 aliphatic carbocycles. The van der Waals surface area contributed by atoms with Crippen LogP contribution in [-0.4, -0.2) is 16.9 Å². The third kappa shape index (κ3) is 4.14. The fourth-order valence-electron chi connectivity index (χ4n) is 1.49. The Labute approximate surface area is 105 Å². The van der Waals surface area contributed by atoms with Crippen LogP contribution in [0.2, 0.25) is 0 Å². The van der Waals surface area contributed by atoms with E-state index < -0.39 is 11.0 Å². The molecule has 0 saturated heterocycles. The van der Waals surface area contributed by atoms with Crippen molar-refractivity contribution in [2.45, 2.75) is 32.2 Å². The minimum Gasteiger partial charge on any atom is -0.324 e. The molecule has 0 spiro atoms. The topological polar surface area (TPSA) is 98.3 Å². The Morgan fingerprint density at radius 2 is 2.28 bits per heavy atom. The number of nitro benzene ring substituents is 1. The van der Waals surface area contributed by atoms with Gasteiger partial charge in [0.1, 0.15) is 0 Å². The smallest absolute Gasteiger partial charge is 0.271 e. The predicted octanol–water partition coefficient (Wildman–Crippen LogP) is 2.05. The largest absolute Gasteiger partial charge is 0.324 e. The molecule has 0 heterocycles. The molecular weight excluding hydrogens is 234 g/mol. The van der Waals surface area contributed by atoms with Gasteiger partial charge in [-0.3, -0.25) is 14.9 Å². The molecule has 0 aliphatic rings. The Balaban J connectivity index is 2.64. The van der Waals surface area contributed by atoms with Crippen molar-refractivity contribution in [2.75, 3.05) is 5.32 Å². The van der Waals surface area contributed by atoms with Crippen LogP contribution in [0.15, 0.2) is 24.3 Å². The van der Waals surface area contributed by atoms with E-state index in [1.807, 2.05) is 6.92 Å². The number of carbonyl (C=O) groups excluding carboxylic acids is 1. The third-order valence-corrected chi connectivity index (χ3v) is 2.53. The second-order valence-corrected chi connectivity index (χ2v) is 4.05. The number of nitro groups is 1. The van der Waals surface area contributed by atoms with Crippen LogP contribution in [0.1, 0.15) is 26.2 Å². The summed E-state index contributed by atoms with van der Waals surface area (Å²) in [5.74, 6) is -0.316. The highest BCUT2D eigenvalue weighted by molar-refractivity contribution is 5.94. The van der Waals surface area contributed by atoms with Gasteiger partial charge in [0.25, 0.3) is 5.69 Å². The number of benzene rings is 1. The highest BCUT2D eigenvalue weighted by Crippen LogP contribution is 2.17. The van der Waals surface area contributed by atoms with Gasteiger partial charge in [0, 0.05) is 17.8 Å². The Kier molecular flexibility index (Phi) is 5.26. The molecule has 0 unspecified atom stereocenters. The second-order valence-electron chi connectivity index (χ2n) is 4.05. The highest BCUT2D eigenvalue weighted by Gasteiger charge is 2.14. The Morgan fingerprint density at radius 1 is 1.56 bits per heavy atom. The Bertz CT molecular complexity index is 434. The second kappa shape index (κ2) is 6.70. The lowest BCUT2D eigenvalue weighted by Crippen LogP contribution is -2.35. The first-order valence-electron chi connectivity index (χ1n) is 5.85. The molecule has 1 aromatic rings. The molecule has 0 radical (unpaired) electrons. The molecule has 0 bridgehead atoms. The summed E-state index contributed by atoms with van der Waals surface area (Å²) < 4.78 is 0. The zero-order valence-electron chi connectivity index (χ0n) is 10.3. The van der Waals surface area contributed by atoms with Crippen molar-refractivity contribution in [2.24, 2.45) is 5.73 Å². The van der Waals surface area contributed by atoms with Crippen molar-refractivity contribution in [3.8, 4) is 0 Å². The zero-order chi connectivity index (χ0) is 13.5. The SMILES string of the molecule is CCCC[C@H](N)C(=O)Nc1cccc([N+](=O)[O-])c1. The molecule has 98 valence electrons. The van der Waals surface area contributed by atoms with Gasteiger partial charge in [-0.2, -0.15) is 0 Å². The van der Waals surface area contributed by atoms with Gasteiger partial charge in [-0.25, -0.2) is 0 Å². The van der Waals surface area contributed by atoms with E-state index in [2.05, 4.69) is 5.32 Å². The van der Waals surface area contributed by atoms with E-state index in [0.717, 1.165) is 12.8 Å². The molecule has 1 amide bonds. The molecule has 0 fully saturated rings. The van der Waals surface area contributed by atoms with Crippen molar-refractivity contribution in [1.82, 2.24) is 0 Å². The Hall–Kier alpha value is -1.95. The zero-order valence-corrected chi connectivity index (χ0v) is 10.3. The minimum absolute atomic E-state index is 0.0603. The number of nitrogens with zero attached hydrogens (tertiary/aromatic N) is 1. The van der Waals surface area contributed by atoms with Crippen LogP contribution in [-0.2, 0) is 4.79 Å². The quantitative estimate of drug-likeness (QED) is 0.597. The first kappa shape index (κ1) is 14.1. The number of rotatable bonds is 6. The minimum atomic E-state index is -0.579. The number of amides is 1. The fourth-order valence-corrected chi connectivity index (χ4v) is 1.49. The van der Waals surface area contributed by atoms with Gasteiger partial charge >= 0.3 is 0 Å². The number of hydrogen-bond donors (Lipinski definition) is 2. The van der Waals surface area contributed by atoms with Crippen molar-refractivity contribution in [3.05, 3.63) is 34.4 Å². The number of nitrogens with one attached hydrogen (secondary N) is 1. The van der Waals surface area contributed by atoms with E-state index in [1.54, 1.807) is 6.07 Å². The first-order chi connectivity index (χ1) is 8.54. The van der Waals surface area contributed by atoms with E-state index in [4.69, 9.17) is 5.73 Å². The van der Waals surface area contributed by atoms with Gasteiger partial charge in [-0.1, -0.05) is 25.8 Å². The van der Waals surface area contributed by atoms with Crippen LogP contribution < -0.4 is 11.1 Å². The summed E-state index contributed by atoms with van der Waals surface area (Å²) in [6.07, 6.45) is 2.46. The lowest BCUT2D eigenvalue weighted by atomic mass is 10.1. The summed E-state index contributed by atoms with van der Waals surface area (Å²) in [5, 5.41) is 13.2. The number of anilines is 1. The summed E-state index contributed by atoms with van der Waals surface area (Å²) in [6.45, 7) is 2.02. The lowest BCUT2D eigenvalue weighted by Gasteiger charge is -2.11. The molecule has 1 atom stereocenters. The molecule has 0 saturated carbocycles. The highest BCUT2D eigenvalue weighted by atomic mass is 16.6. The maximum Gasteiger partial charge on any atom is 0.271 e. The van der Waals surface area contributed by atoms with E-state index in [9.17, 15) is 14.9 Å². The van der Waals surface area contributed by atoms with Crippen molar-refractivity contribution in [3.63, 3.8) is 0 Å². The van der Waals surface area contributed by atoms with Crippen LogP contribution >= 0.6 is 0 Å². The molecule has 6 heteroatoms. The first-order valence-corrected chi connectivity index (χ1v) is 5.85. The van der Waals surface area contributed by atoms with E-state index in [-0.39, 0.29) is 11.6 Å². The van der Waals surface area contributed by atoms with Crippen molar-refractivity contribution in [1.29, 1.82) is 0 Å². The molecule has 0 aromatic heterocycles. The van der Waals surface area contributed by atoms with E-state index in [0.29, 0.717) is 12.1 Å². The summed E-state index contributed by atoms with van der Waals surface area (Å²) >= 11 is 0. The molecule has 1 rings (SSSR count). The number of nitrogens with two attached hydrogens (primary N) is 1. The monoisotopic (exact) mass is 251 g/mol. The number of unbranched alkanes of at least 4 members (excludes halogenated alkanes) is 1. The van der Waals surface area contributed by atoms with E-state index in [1.165, 1.54) is 18.2 Å². The molecule has 18 heavy (non-hydrogen) atoms. The molecular formula is C12H17N3O3. The van der Waals surface area contributed by atoms with Gasteiger partial charge in [0.15, 0.2) is 0 Å². The predicted molar refractivity (Wildman–Crippen MR) is 69.2 cm³/mol. The van der Waals surface area contributed by atoms with Crippen LogP contribution in [0.4, 0.5) is 11.4 Å². The Morgan fingerprint density at radius 3 is 2.89 bits per heavy atom.